The Morgan fingerprint density at radius 1 is 1.23 bits per heavy atom. The third kappa shape index (κ3) is 2.11. The zero-order chi connectivity index (χ0) is 9.26. The molecule has 1 unspecified atom stereocenters. The number of rotatable bonds is 1. The molecule has 0 N–H and O–H groups in total. The maximum absolute atomic E-state index is 11.1. The highest BCUT2D eigenvalue weighted by molar-refractivity contribution is 5.81. The SMILES string of the molecule is CC1CCN(C2CCC(=O)C2)CC1. The number of piperidine rings is 1. The molecule has 1 heterocycles. The normalized spacial score (nSPS) is 32.7. The van der Waals surface area contributed by atoms with E-state index in [1.54, 1.807) is 0 Å². The molecule has 74 valence electrons. The zero-order valence-corrected chi connectivity index (χ0v) is 8.46. The second kappa shape index (κ2) is 3.79. The number of likely N-dealkylation sites (tertiary alicyclic amines) is 1. The van der Waals surface area contributed by atoms with Gasteiger partial charge in [-0.25, -0.2) is 0 Å². The van der Waals surface area contributed by atoms with E-state index in [-0.39, 0.29) is 0 Å². The first-order valence-electron chi connectivity index (χ1n) is 5.51. The highest BCUT2D eigenvalue weighted by Crippen LogP contribution is 2.25. The van der Waals surface area contributed by atoms with Gasteiger partial charge in [-0.2, -0.15) is 0 Å². The third-order valence-corrected chi connectivity index (χ3v) is 3.55. The molecule has 2 rings (SSSR count). The van der Waals surface area contributed by atoms with E-state index in [0.717, 1.165) is 25.2 Å². The predicted molar refractivity (Wildman–Crippen MR) is 52.6 cm³/mol. The first kappa shape index (κ1) is 9.20. The molecule has 0 radical (unpaired) electrons. The van der Waals surface area contributed by atoms with Crippen LogP contribution in [0, 0.1) is 5.92 Å². The van der Waals surface area contributed by atoms with Crippen molar-refractivity contribution in [2.75, 3.05) is 13.1 Å². The van der Waals surface area contributed by atoms with Gasteiger partial charge in [0.1, 0.15) is 5.78 Å². The fourth-order valence-corrected chi connectivity index (χ4v) is 2.50. The van der Waals surface area contributed by atoms with Gasteiger partial charge >= 0.3 is 0 Å². The highest BCUT2D eigenvalue weighted by Gasteiger charge is 2.29. The molecule has 2 aliphatic rings. The molecule has 2 fully saturated rings. The Morgan fingerprint density at radius 2 is 1.92 bits per heavy atom. The number of carbonyl (C=O) groups excluding carboxylic acids is 1. The maximum atomic E-state index is 11.1. The smallest absolute Gasteiger partial charge is 0.134 e. The minimum Gasteiger partial charge on any atom is -0.300 e. The number of carbonyl (C=O) groups is 1. The fourth-order valence-electron chi connectivity index (χ4n) is 2.50. The summed E-state index contributed by atoms with van der Waals surface area (Å²) in [6.07, 6.45) is 5.42. The van der Waals surface area contributed by atoms with Crippen molar-refractivity contribution in [1.82, 2.24) is 4.90 Å². The predicted octanol–water partition coefficient (Wildman–Crippen LogP) is 1.84. The van der Waals surface area contributed by atoms with Gasteiger partial charge in [-0.1, -0.05) is 6.92 Å². The molecule has 0 aromatic heterocycles. The minimum absolute atomic E-state index is 0.476. The Bertz CT molecular complexity index is 194. The molecular formula is C11H19NO. The quantitative estimate of drug-likeness (QED) is 0.615. The van der Waals surface area contributed by atoms with Gasteiger partial charge in [-0.15, -0.1) is 0 Å². The molecule has 0 aromatic carbocycles. The van der Waals surface area contributed by atoms with Crippen LogP contribution in [-0.4, -0.2) is 29.8 Å². The average molecular weight is 181 g/mol. The molecule has 2 heteroatoms. The topological polar surface area (TPSA) is 20.3 Å². The summed E-state index contributed by atoms with van der Waals surface area (Å²) in [4.78, 5) is 13.7. The molecule has 0 bridgehead atoms. The van der Waals surface area contributed by atoms with E-state index in [4.69, 9.17) is 0 Å². The van der Waals surface area contributed by atoms with Gasteiger partial charge in [0.15, 0.2) is 0 Å². The van der Waals surface area contributed by atoms with Crippen molar-refractivity contribution >= 4 is 5.78 Å². The lowest BCUT2D eigenvalue weighted by molar-refractivity contribution is -0.117. The number of hydrogen-bond donors (Lipinski definition) is 0. The van der Waals surface area contributed by atoms with Gasteiger partial charge in [-0.05, 0) is 38.3 Å². The van der Waals surface area contributed by atoms with Crippen molar-refractivity contribution in [2.45, 2.75) is 45.1 Å². The van der Waals surface area contributed by atoms with E-state index in [0.29, 0.717) is 11.8 Å². The molecule has 0 amide bonds. The van der Waals surface area contributed by atoms with E-state index in [1.165, 1.54) is 25.9 Å². The van der Waals surface area contributed by atoms with Gasteiger partial charge in [0.2, 0.25) is 0 Å². The molecule has 1 saturated carbocycles. The van der Waals surface area contributed by atoms with E-state index >= 15 is 0 Å². The Labute approximate surface area is 80.3 Å². The minimum atomic E-state index is 0.476. The number of hydrogen-bond acceptors (Lipinski definition) is 2. The number of nitrogens with zero attached hydrogens (tertiary/aromatic N) is 1. The van der Waals surface area contributed by atoms with Crippen LogP contribution >= 0.6 is 0 Å². The van der Waals surface area contributed by atoms with Gasteiger partial charge in [-0.3, -0.25) is 9.69 Å². The summed E-state index contributed by atoms with van der Waals surface area (Å²) in [6, 6.07) is 0.597. The van der Waals surface area contributed by atoms with Crippen LogP contribution < -0.4 is 0 Å². The van der Waals surface area contributed by atoms with Crippen molar-refractivity contribution in [1.29, 1.82) is 0 Å². The van der Waals surface area contributed by atoms with Crippen molar-refractivity contribution < 1.29 is 4.79 Å². The van der Waals surface area contributed by atoms with Crippen LogP contribution in [0.15, 0.2) is 0 Å². The lowest BCUT2D eigenvalue weighted by Gasteiger charge is -2.34. The summed E-state index contributed by atoms with van der Waals surface area (Å²) in [6.45, 7) is 4.77. The Hall–Kier alpha value is -0.370. The van der Waals surface area contributed by atoms with E-state index < -0.39 is 0 Å². The summed E-state index contributed by atoms with van der Waals surface area (Å²) in [7, 11) is 0. The second-order valence-corrected chi connectivity index (χ2v) is 4.65. The average Bonchev–Trinajstić information content (AvgIpc) is 2.53. The fraction of sp³-hybridized carbons (Fsp3) is 0.909. The van der Waals surface area contributed by atoms with Crippen LogP contribution in [0.2, 0.25) is 0 Å². The van der Waals surface area contributed by atoms with E-state index in [9.17, 15) is 4.79 Å². The maximum Gasteiger partial charge on any atom is 0.134 e. The standard InChI is InChI=1S/C11H19NO/c1-9-4-6-12(7-5-9)10-2-3-11(13)8-10/h9-10H,2-8H2,1H3. The van der Waals surface area contributed by atoms with Crippen molar-refractivity contribution in [3.63, 3.8) is 0 Å². The van der Waals surface area contributed by atoms with Crippen molar-refractivity contribution in [3.05, 3.63) is 0 Å². The molecule has 2 nitrogen and oxygen atoms in total. The van der Waals surface area contributed by atoms with Crippen molar-refractivity contribution in [3.8, 4) is 0 Å². The third-order valence-electron chi connectivity index (χ3n) is 3.55. The van der Waals surface area contributed by atoms with Gasteiger partial charge in [0.05, 0.1) is 0 Å². The summed E-state index contributed by atoms with van der Waals surface area (Å²) in [5.41, 5.74) is 0. The lowest BCUT2D eigenvalue weighted by Crippen LogP contribution is -2.39. The molecule has 1 aliphatic heterocycles. The van der Waals surface area contributed by atoms with Crippen LogP contribution in [0.25, 0.3) is 0 Å². The van der Waals surface area contributed by atoms with Gasteiger partial charge in [0.25, 0.3) is 0 Å². The second-order valence-electron chi connectivity index (χ2n) is 4.65. The summed E-state index contributed by atoms with van der Waals surface area (Å²) in [5, 5.41) is 0. The van der Waals surface area contributed by atoms with Crippen LogP contribution in [0.5, 0.6) is 0 Å². The monoisotopic (exact) mass is 181 g/mol. The largest absolute Gasteiger partial charge is 0.300 e. The Balaban J connectivity index is 1.84. The number of Topliss-reactive ketones (excluding diaryl/α,β-unsaturated/α-hetero) is 1. The molecule has 13 heavy (non-hydrogen) atoms. The molecule has 1 saturated heterocycles. The highest BCUT2D eigenvalue weighted by atomic mass is 16.1. The molecule has 1 atom stereocenters. The van der Waals surface area contributed by atoms with Gasteiger partial charge < -0.3 is 0 Å². The summed E-state index contributed by atoms with van der Waals surface area (Å²) in [5.74, 6) is 1.37. The first-order chi connectivity index (χ1) is 6.25. The molecular weight excluding hydrogens is 162 g/mol. The summed E-state index contributed by atoms with van der Waals surface area (Å²) < 4.78 is 0. The van der Waals surface area contributed by atoms with Crippen LogP contribution in [-0.2, 0) is 4.79 Å². The van der Waals surface area contributed by atoms with Crippen LogP contribution in [0.4, 0.5) is 0 Å². The molecule has 0 aromatic rings. The van der Waals surface area contributed by atoms with Crippen molar-refractivity contribution in [2.24, 2.45) is 5.92 Å². The molecule has 0 spiro atoms. The zero-order valence-electron chi connectivity index (χ0n) is 8.46. The van der Waals surface area contributed by atoms with Crippen LogP contribution in [0.3, 0.4) is 0 Å². The van der Waals surface area contributed by atoms with E-state index in [1.807, 2.05) is 0 Å². The number of ketones is 1. The molecule has 1 aliphatic carbocycles. The Morgan fingerprint density at radius 3 is 2.46 bits per heavy atom. The summed E-state index contributed by atoms with van der Waals surface area (Å²) >= 11 is 0. The van der Waals surface area contributed by atoms with Crippen LogP contribution in [0.1, 0.15) is 39.0 Å². The van der Waals surface area contributed by atoms with E-state index in [2.05, 4.69) is 11.8 Å². The van der Waals surface area contributed by atoms with Gasteiger partial charge in [0, 0.05) is 18.9 Å². The lowest BCUT2D eigenvalue weighted by atomic mass is 9.97. The first-order valence-corrected chi connectivity index (χ1v) is 5.51. The Kier molecular flexibility index (Phi) is 2.68.